The first-order valence-corrected chi connectivity index (χ1v) is 9.74. The van der Waals surface area contributed by atoms with Crippen LogP contribution in [0.15, 0.2) is 54.6 Å². The first-order chi connectivity index (χ1) is 13.0. The molecule has 2 atom stereocenters. The summed E-state index contributed by atoms with van der Waals surface area (Å²) in [6, 6.07) is 17.9. The Bertz CT molecular complexity index is 801. The molecule has 3 rings (SSSR count). The van der Waals surface area contributed by atoms with Crippen molar-refractivity contribution in [2.75, 3.05) is 5.32 Å². The molecule has 4 heteroatoms. The van der Waals surface area contributed by atoms with Gasteiger partial charge in [0.25, 0.3) is 0 Å². The van der Waals surface area contributed by atoms with Gasteiger partial charge in [0.05, 0.1) is 11.8 Å². The third-order valence-electron chi connectivity index (χ3n) is 5.20. The van der Waals surface area contributed by atoms with Crippen LogP contribution in [0, 0.1) is 11.8 Å². The fraction of sp³-hybridized carbons (Fsp3) is 0.391. The Hall–Kier alpha value is -2.62. The topological polar surface area (TPSA) is 49.4 Å². The van der Waals surface area contributed by atoms with Crippen molar-refractivity contribution in [3.05, 3.63) is 65.7 Å². The van der Waals surface area contributed by atoms with Gasteiger partial charge >= 0.3 is 0 Å². The van der Waals surface area contributed by atoms with E-state index in [1.54, 1.807) is 0 Å². The van der Waals surface area contributed by atoms with Gasteiger partial charge in [0.2, 0.25) is 11.8 Å². The van der Waals surface area contributed by atoms with E-state index >= 15 is 0 Å². The van der Waals surface area contributed by atoms with Crippen molar-refractivity contribution in [1.82, 2.24) is 4.90 Å². The summed E-state index contributed by atoms with van der Waals surface area (Å²) in [7, 11) is 0. The van der Waals surface area contributed by atoms with Gasteiger partial charge in [0.1, 0.15) is 0 Å². The van der Waals surface area contributed by atoms with E-state index in [2.05, 4.69) is 12.2 Å². The summed E-state index contributed by atoms with van der Waals surface area (Å²) < 4.78 is 0. The Kier molecular flexibility index (Phi) is 5.94. The Labute approximate surface area is 161 Å². The van der Waals surface area contributed by atoms with Crippen LogP contribution < -0.4 is 5.32 Å². The largest absolute Gasteiger partial charge is 0.336 e. The number of nitrogens with zero attached hydrogens (tertiary/aromatic N) is 1. The summed E-state index contributed by atoms with van der Waals surface area (Å²) >= 11 is 0. The normalized spacial score (nSPS) is 18.2. The predicted octanol–water partition coefficient (Wildman–Crippen LogP) is 4.26. The Morgan fingerprint density at radius 2 is 1.70 bits per heavy atom. The lowest BCUT2D eigenvalue weighted by Crippen LogP contribution is -2.38. The van der Waals surface area contributed by atoms with E-state index in [0.717, 1.165) is 23.2 Å². The van der Waals surface area contributed by atoms with Crippen molar-refractivity contribution < 1.29 is 9.59 Å². The van der Waals surface area contributed by atoms with E-state index in [-0.39, 0.29) is 29.7 Å². The molecule has 2 unspecified atom stereocenters. The van der Waals surface area contributed by atoms with Gasteiger partial charge in [-0.3, -0.25) is 9.59 Å². The molecule has 0 saturated heterocycles. The van der Waals surface area contributed by atoms with E-state index < -0.39 is 0 Å². The SMILES string of the molecule is CCc1ccccc1NC(=O)C1CC1C(=O)N(Cc1ccccc1)C(C)C. The van der Waals surface area contributed by atoms with E-state index in [4.69, 9.17) is 0 Å². The summed E-state index contributed by atoms with van der Waals surface area (Å²) in [6.07, 6.45) is 1.50. The smallest absolute Gasteiger partial charge is 0.228 e. The molecule has 0 aliphatic heterocycles. The number of aryl methyl sites for hydroxylation is 1. The molecule has 1 N–H and O–H groups in total. The third kappa shape index (κ3) is 4.57. The van der Waals surface area contributed by atoms with Crippen LogP contribution in [0.3, 0.4) is 0 Å². The second kappa shape index (κ2) is 8.38. The maximum Gasteiger partial charge on any atom is 0.228 e. The molecule has 0 heterocycles. The number of benzene rings is 2. The van der Waals surface area contributed by atoms with Gasteiger partial charge in [0.15, 0.2) is 0 Å². The zero-order valence-electron chi connectivity index (χ0n) is 16.3. The maximum absolute atomic E-state index is 13.0. The summed E-state index contributed by atoms with van der Waals surface area (Å²) in [5, 5.41) is 3.02. The number of nitrogens with one attached hydrogen (secondary N) is 1. The van der Waals surface area contributed by atoms with Gasteiger partial charge in [-0.15, -0.1) is 0 Å². The number of carbonyl (C=O) groups is 2. The fourth-order valence-electron chi connectivity index (χ4n) is 3.44. The van der Waals surface area contributed by atoms with Gasteiger partial charge in [-0.2, -0.15) is 0 Å². The number of amides is 2. The highest BCUT2D eigenvalue weighted by Crippen LogP contribution is 2.41. The third-order valence-corrected chi connectivity index (χ3v) is 5.20. The van der Waals surface area contributed by atoms with Crippen molar-refractivity contribution in [2.45, 2.75) is 46.2 Å². The molecule has 142 valence electrons. The molecule has 2 aromatic carbocycles. The first-order valence-electron chi connectivity index (χ1n) is 9.74. The number of rotatable bonds is 7. The van der Waals surface area contributed by atoms with Crippen molar-refractivity contribution >= 4 is 17.5 Å². The molecule has 0 radical (unpaired) electrons. The molecule has 0 spiro atoms. The molecule has 2 amide bonds. The van der Waals surface area contributed by atoms with Crippen LogP contribution in [0.1, 0.15) is 38.3 Å². The van der Waals surface area contributed by atoms with Gasteiger partial charge in [-0.1, -0.05) is 55.5 Å². The van der Waals surface area contributed by atoms with Gasteiger partial charge in [0, 0.05) is 18.3 Å². The summed E-state index contributed by atoms with van der Waals surface area (Å²) in [4.78, 5) is 27.5. The van der Waals surface area contributed by atoms with Crippen LogP contribution in [-0.4, -0.2) is 22.8 Å². The van der Waals surface area contributed by atoms with Gasteiger partial charge < -0.3 is 10.2 Å². The fourth-order valence-corrected chi connectivity index (χ4v) is 3.44. The van der Waals surface area contributed by atoms with E-state index in [0.29, 0.717) is 13.0 Å². The lowest BCUT2D eigenvalue weighted by molar-refractivity contribution is -0.136. The molecule has 2 aromatic rings. The Morgan fingerprint density at radius 3 is 2.37 bits per heavy atom. The lowest BCUT2D eigenvalue weighted by Gasteiger charge is -2.27. The Morgan fingerprint density at radius 1 is 1.04 bits per heavy atom. The molecular weight excluding hydrogens is 336 g/mol. The molecule has 1 aliphatic rings. The second-order valence-electron chi connectivity index (χ2n) is 7.49. The number of hydrogen-bond acceptors (Lipinski definition) is 2. The molecule has 1 saturated carbocycles. The van der Waals surface area contributed by atoms with Crippen molar-refractivity contribution in [3.8, 4) is 0 Å². The van der Waals surface area contributed by atoms with Crippen LogP contribution in [0.2, 0.25) is 0 Å². The van der Waals surface area contributed by atoms with E-state index in [1.807, 2.05) is 73.3 Å². The minimum atomic E-state index is -0.223. The van der Waals surface area contributed by atoms with Crippen LogP contribution in [0.25, 0.3) is 0 Å². The molecule has 0 aromatic heterocycles. The van der Waals surface area contributed by atoms with Crippen molar-refractivity contribution in [2.24, 2.45) is 11.8 Å². The Balaban J connectivity index is 1.63. The standard InChI is InChI=1S/C23H28N2O2/c1-4-18-12-8-9-13-21(18)24-22(26)19-14-20(19)23(27)25(16(2)3)15-17-10-6-5-7-11-17/h5-13,16,19-20H,4,14-15H2,1-3H3,(H,24,26). The second-order valence-corrected chi connectivity index (χ2v) is 7.49. The van der Waals surface area contributed by atoms with Crippen LogP contribution in [0.5, 0.6) is 0 Å². The van der Waals surface area contributed by atoms with Crippen LogP contribution >= 0.6 is 0 Å². The zero-order chi connectivity index (χ0) is 19.4. The average molecular weight is 364 g/mol. The highest BCUT2D eigenvalue weighted by molar-refractivity contribution is 6.00. The van der Waals surface area contributed by atoms with Crippen molar-refractivity contribution in [3.63, 3.8) is 0 Å². The quantitative estimate of drug-likeness (QED) is 0.798. The minimum absolute atomic E-state index is 0.0438. The van der Waals surface area contributed by atoms with Crippen molar-refractivity contribution in [1.29, 1.82) is 0 Å². The monoisotopic (exact) mass is 364 g/mol. The van der Waals surface area contributed by atoms with E-state index in [1.165, 1.54) is 0 Å². The molecule has 1 fully saturated rings. The molecule has 1 aliphatic carbocycles. The summed E-state index contributed by atoms with van der Waals surface area (Å²) in [5.41, 5.74) is 3.08. The zero-order valence-corrected chi connectivity index (χ0v) is 16.3. The first kappa shape index (κ1) is 19.2. The summed E-state index contributed by atoms with van der Waals surface area (Å²) in [6.45, 7) is 6.70. The number of carbonyl (C=O) groups excluding carboxylic acids is 2. The summed E-state index contributed by atoms with van der Waals surface area (Å²) in [5.74, 6) is -0.389. The lowest BCUT2D eigenvalue weighted by atomic mass is 10.1. The van der Waals surface area contributed by atoms with E-state index in [9.17, 15) is 9.59 Å². The molecule has 0 bridgehead atoms. The highest BCUT2D eigenvalue weighted by atomic mass is 16.2. The number of hydrogen-bond donors (Lipinski definition) is 1. The van der Waals surface area contributed by atoms with Gasteiger partial charge in [-0.05, 0) is 43.9 Å². The number of anilines is 1. The molecular formula is C23H28N2O2. The number of para-hydroxylation sites is 1. The van der Waals surface area contributed by atoms with Gasteiger partial charge in [-0.25, -0.2) is 0 Å². The average Bonchev–Trinajstić information content (AvgIpc) is 3.47. The van der Waals surface area contributed by atoms with Crippen LogP contribution in [-0.2, 0) is 22.6 Å². The minimum Gasteiger partial charge on any atom is -0.336 e. The highest BCUT2D eigenvalue weighted by Gasteiger charge is 2.49. The molecule has 27 heavy (non-hydrogen) atoms. The maximum atomic E-state index is 13.0. The molecule has 4 nitrogen and oxygen atoms in total. The van der Waals surface area contributed by atoms with Crippen LogP contribution in [0.4, 0.5) is 5.69 Å². The predicted molar refractivity (Wildman–Crippen MR) is 108 cm³/mol.